The molecule has 1 amide bonds. The lowest BCUT2D eigenvalue weighted by molar-refractivity contribution is 0.0240. The standard InChI is InChI=1S/C25H33N7O4/c1-25(2,3)36-24(34)31-10-8-30(9-11-31)21-5-4-18(16-26-21)22-19(17-33)28-23-20(6-7-27-32(22)23)29-12-14-35-15-13-29/h4-7,16,33H,8-15,17H2,1-3H3. The van der Waals surface area contributed by atoms with Crippen LogP contribution in [0, 0.1) is 0 Å². The van der Waals surface area contributed by atoms with Gasteiger partial charge in [-0.2, -0.15) is 5.10 Å². The molecular weight excluding hydrogens is 462 g/mol. The molecule has 5 rings (SSSR count). The number of carbonyl (C=O) groups is 1. The van der Waals surface area contributed by atoms with E-state index in [-0.39, 0.29) is 12.7 Å². The number of aliphatic hydroxyl groups excluding tert-OH is 1. The Hall–Kier alpha value is -3.44. The molecule has 0 spiro atoms. The number of ether oxygens (including phenoxy) is 2. The molecule has 0 radical (unpaired) electrons. The van der Waals surface area contributed by atoms with Gasteiger partial charge >= 0.3 is 6.09 Å². The summed E-state index contributed by atoms with van der Waals surface area (Å²) in [6, 6.07) is 5.90. The van der Waals surface area contributed by atoms with E-state index in [2.05, 4.69) is 14.9 Å². The number of aliphatic hydroxyl groups is 1. The minimum atomic E-state index is -0.505. The van der Waals surface area contributed by atoms with Gasteiger partial charge in [0, 0.05) is 51.0 Å². The minimum Gasteiger partial charge on any atom is -0.444 e. The van der Waals surface area contributed by atoms with Gasteiger partial charge in [0.2, 0.25) is 0 Å². The quantitative estimate of drug-likeness (QED) is 0.582. The van der Waals surface area contributed by atoms with Crippen LogP contribution in [0.5, 0.6) is 0 Å². The van der Waals surface area contributed by atoms with Crippen LogP contribution in [0.3, 0.4) is 0 Å². The van der Waals surface area contributed by atoms with Crippen molar-refractivity contribution in [3.05, 3.63) is 36.3 Å². The monoisotopic (exact) mass is 495 g/mol. The van der Waals surface area contributed by atoms with E-state index in [0.29, 0.717) is 50.7 Å². The highest BCUT2D eigenvalue weighted by molar-refractivity contribution is 5.75. The van der Waals surface area contributed by atoms with Crippen molar-refractivity contribution in [3.8, 4) is 11.3 Å². The highest BCUT2D eigenvalue weighted by atomic mass is 16.6. The number of amides is 1. The Bertz CT molecular complexity index is 1210. The molecule has 5 heterocycles. The molecule has 36 heavy (non-hydrogen) atoms. The Labute approximate surface area is 210 Å². The van der Waals surface area contributed by atoms with Gasteiger partial charge in [-0.15, -0.1) is 0 Å². The van der Waals surface area contributed by atoms with Crippen molar-refractivity contribution >= 4 is 23.2 Å². The number of fused-ring (bicyclic) bond motifs is 1. The molecule has 2 aliphatic heterocycles. The predicted molar refractivity (Wildman–Crippen MR) is 135 cm³/mol. The molecule has 3 aromatic rings. The van der Waals surface area contributed by atoms with Gasteiger partial charge in [0.05, 0.1) is 43.1 Å². The zero-order valence-electron chi connectivity index (χ0n) is 21.1. The van der Waals surface area contributed by atoms with Crippen LogP contribution in [0.15, 0.2) is 30.6 Å². The summed E-state index contributed by atoms with van der Waals surface area (Å²) < 4.78 is 12.8. The van der Waals surface area contributed by atoms with Gasteiger partial charge in [0.1, 0.15) is 11.4 Å². The van der Waals surface area contributed by atoms with E-state index in [1.807, 2.05) is 39.0 Å². The van der Waals surface area contributed by atoms with Gasteiger partial charge < -0.3 is 29.3 Å². The van der Waals surface area contributed by atoms with Crippen LogP contribution < -0.4 is 9.80 Å². The summed E-state index contributed by atoms with van der Waals surface area (Å²) in [5.41, 5.74) is 3.30. The normalized spacial score (nSPS) is 17.1. The molecule has 11 nitrogen and oxygen atoms in total. The molecular formula is C25H33N7O4. The third-order valence-electron chi connectivity index (χ3n) is 6.35. The fourth-order valence-electron chi connectivity index (χ4n) is 4.59. The van der Waals surface area contributed by atoms with Crippen molar-refractivity contribution < 1.29 is 19.4 Å². The van der Waals surface area contributed by atoms with Crippen LogP contribution >= 0.6 is 0 Å². The summed E-state index contributed by atoms with van der Waals surface area (Å²) in [5.74, 6) is 0.837. The molecule has 11 heteroatoms. The van der Waals surface area contributed by atoms with E-state index in [9.17, 15) is 9.90 Å². The number of carbonyl (C=O) groups excluding carboxylic acids is 1. The summed E-state index contributed by atoms with van der Waals surface area (Å²) in [6.07, 6.45) is 3.27. The molecule has 0 aliphatic carbocycles. The Morgan fingerprint density at radius 2 is 1.81 bits per heavy atom. The maximum Gasteiger partial charge on any atom is 0.410 e. The second kappa shape index (κ2) is 9.90. The Morgan fingerprint density at radius 1 is 1.06 bits per heavy atom. The number of morpholine rings is 1. The number of nitrogens with zero attached hydrogens (tertiary/aromatic N) is 7. The van der Waals surface area contributed by atoms with Gasteiger partial charge in [0.15, 0.2) is 5.65 Å². The largest absolute Gasteiger partial charge is 0.444 e. The summed E-state index contributed by atoms with van der Waals surface area (Å²) >= 11 is 0. The highest BCUT2D eigenvalue weighted by Crippen LogP contribution is 2.30. The highest BCUT2D eigenvalue weighted by Gasteiger charge is 2.27. The maximum absolute atomic E-state index is 12.4. The molecule has 2 fully saturated rings. The number of piperazine rings is 1. The zero-order valence-corrected chi connectivity index (χ0v) is 21.1. The first kappa shape index (κ1) is 24.3. The Morgan fingerprint density at radius 3 is 2.44 bits per heavy atom. The second-order valence-electron chi connectivity index (χ2n) is 9.98. The van der Waals surface area contributed by atoms with Crippen molar-refractivity contribution in [3.63, 3.8) is 0 Å². The summed E-state index contributed by atoms with van der Waals surface area (Å²) in [6.45, 7) is 10.8. The molecule has 0 unspecified atom stereocenters. The third-order valence-corrected chi connectivity index (χ3v) is 6.35. The smallest absolute Gasteiger partial charge is 0.410 e. The number of anilines is 2. The second-order valence-corrected chi connectivity index (χ2v) is 9.98. The van der Waals surface area contributed by atoms with E-state index in [0.717, 1.165) is 35.9 Å². The van der Waals surface area contributed by atoms with Crippen molar-refractivity contribution in [2.75, 3.05) is 62.3 Å². The topological polar surface area (TPSA) is 109 Å². The fraction of sp³-hybridized carbons (Fsp3) is 0.520. The molecule has 0 aromatic carbocycles. The summed E-state index contributed by atoms with van der Waals surface area (Å²) in [5, 5.41) is 14.6. The van der Waals surface area contributed by atoms with Crippen LogP contribution in [0.4, 0.5) is 16.3 Å². The average molecular weight is 496 g/mol. The first-order chi connectivity index (χ1) is 17.3. The molecule has 3 aromatic heterocycles. The van der Waals surface area contributed by atoms with Crippen LogP contribution in [0.2, 0.25) is 0 Å². The van der Waals surface area contributed by atoms with Crippen molar-refractivity contribution in [1.29, 1.82) is 0 Å². The first-order valence-corrected chi connectivity index (χ1v) is 12.3. The SMILES string of the molecule is CC(C)(C)OC(=O)N1CCN(c2ccc(-c3c(CO)nc4c(N5CCOCC5)ccnn34)cn2)CC1. The minimum absolute atomic E-state index is 0.199. The van der Waals surface area contributed by atoms with E-state index < -0.39 is 5.60 Å². The average Bonchev–Trinajstić information content (AvgIpc) is 3.27. The van der Waals surface area contributed by atoms with Gasteiger partial charge in [-0.1, -0.05) is 0 Å². The maximum atomic E-state index is 12.4. The lowest BCUT2D eigenvalue weighted by Crippen LogP contribution is -2.50. The summed E-state index contributed by atoms with van der Waals surface area (Å²) in [4.78, 5) is 27.9. The van der Waals surface area contributed by atoms with Crippen LogP contribution in [-0.2, 0) is 16.1 Å². The summed E-state index contributed by atoms with van der Waals surface area (Å²) in [7, 11) is 0. The van der Waals surface area contributed by atoms with Gasteiger partial charge in [-0.25, -0.2) is 19.3 Å². The number of pyridine rings is 1. The third kappa shape index (κ3) is 4.93. The number of hydrogen-bond acceptors (Lipinski definition) is 9. The lowest BCUT2D eigenvalue weighted by atomic mass is 10.1. The molecule has 192 valence electrons. The molecule has 1 N–H and O–H groups in total. The number of rotatable bonds is 4. The molecule has 2 saturated heterocycles. The van der Waals surface area contributed by atoms with Crippen LogP contribution in [0.25, 0.3) is 16.9 Å². The van der Waals surface area contributed by atoms with Crippen molar-refractivity contribution in [2.45, 2.75) is 33.0 Å². The Balaban J connectivity index is 1.34. The molecule has 0 bridgehead atoms. The van der Waals surface area contributed by atoms with Crippen molar-refractivity contribution in [1.82, 2.24) is 24.5 Å². The first-order valence-electron chi connectivity index (χ1n) is 12.3. The van der Waals surface area contributed by atoms with Gasteiger partial charge in [0.25, 0.3) is 0 Å². The lowest BCUT2D eigenvalue weighted by Gasteiger charge is -2.36. The number of imidazole rings is 1. The van der Waals surface area contributed by atoms with E-state index >= 15 is 0 Å². The van der Waals surface area contributed by atoms with Gasteiger partial charge in [-0.05, 0) is 39.0 Å². The molecule has 0 saturated carbocycles. The van der Waals surface area contributed by atoms with E-state index in [1.54, 1.807) is 21.8 Å². The van der Waals surface area contributed by atoms with Gasteiger partial charge in [-0.3, -0.25) is 0 Å². The fourth-order valence-corrected chi connectivity index (χ4v) is 4.59. The number of aromatic nitrogens is 4. The predicted octanol–water partition coefficient (Wildman–Crippen LogP) is 2.18. The van der Waals surface area contributed by atoms with E-state index in [1.165, 1.54) is 0 Å². The Kier molecular flexibility index (Phi) is 6.67. The number of hydrogen-bond donors (Lipinski definition) is 1. The van der Waals surface area contributed by atoms with Crippen LogP contribution in [0.1, 0.15) is 26.5 Å². The van der Waals surface area contributed by atoms with E-state index in [4.69, 9.17) is 19.4 Å². The van der Waals surface area contributed by atoms with Crippen LogP contribution in [-0.4, -0.2) is 93.8 Å². The van der Waals surface area contributed by atoms with Crippen molar-refractivity contribution in [2.24, 2.45) is 0 Å². The molecule has 0 atom stereocenters. The molecule has 2 aliphatic rings. The zero-order chi connectivity index (χ0) is 25.3.